The van der Waals surface area contributed by atoms with E-state index in [1.54, 1.807) is 25.4 Å². The Morgan fingerprint density at radius 1 is 1.41 bits per heavy atom. The number of ether oxygens (including phenoxy) is 1. The van der Waals surface area contributed by atoms with Gasteiger partial charge in [0.15, 0.2) is 5.75 Å². The Balaban J connectivity index is 2.41. The second-order valence-electron chi connectivity index (χ2n) is 3.79. The molecule has 1 aromatic carbocycles. The van der Waals surface area contributed by atoms with Crippen molar-refractivity contribution in [1.29, 1.82) is 0 Å². The lowest BCUT2D eigenvalue weighted by atomic mass is 10.2. The van der Waals surface area contributed by atoms with Crippen LogP contribution < -0.4 is 16.0 Å². The first kappa shape index (κ1) is 11.2. The van der Waals surface area contributed by atoms with E-state index >= 15 is 0 Å². The minimum atomic E-state index is -0.298. The maximum absolute atomic E-state index is 11.7. The van der Waals surface area contributed by atoms with Gasteiger partial charge in [-0.25, -0.2) is 4.98 Å². The molecule has 0 amide bonds. The van der Waals surface area contributed by atoms with Crippen LogP contribution in [0.1, 0.15) is 5.56 Å². The summed E-state index contributed by atoms with van der Waals surface area (Å²) in [6, 6.07) is 5.38. The molecule has 0 fully saturated rings. The van der Waals surface area contributed by atoms with Crippen LogP contribution in [0.3, 0.4) is 0 Å². The van der Waals surface area contributed by atoms with Crippen LogP contribution in [0, 0.1) is 6.92 Å². The highest BCUT2D eigenvalue weighted by Crippen LogP contribution is 2.25. The normalized spacial score (nSPS) is 10.2. The van der Waals surface area contributed by atoms with Gasteiger partial charge in [0.25, 0.3) is 5.88 Å². The van der Waals surface area contributed by atoms with Crippen LogP contribution >= 0.6 is 0 Å². The van der Waals surface area contributed by atoms with E-state index in [0.717, 1.165) is 5.56 Å². The molecule has 0 bridgehead atoms. The number of hydrogen-bond donors (Lipinski definition) is 1. The number of aromatic nitrogens is 2. The van der Waals surface area contributed by atoms with Crippen molar-refractivity contribution in [1.82, 2.24) is 9.55 Å². The fraction of sp³-hybridized carbons (Fsp3) is 0.167. The number of nitrogens with two attached hydrogens (primary N) is 1. The summed E-state index contributed by atoms with van der Waals surface area (Å²) in [5.74, 6) is 0.466. The Kier molecular flexibility index (Phi) is 2.82. The van der Waals surface area contributed by atoms with Gasteiger partial charge in [-0.15, -0.1) is 0 Å². The molecular weight excluding hydrogens is 218 g/mol. The lowest BCUT2D eigenvalue weighted by Crippen LogP contribution is -2.18. The number of anilines is 1. The molecule has 2 rings (SSSR count). The summed E-state index contributed by atoms with van der Waals surface area (Å²) in [4.78, 5) is 15.6. The van der Waals surface area contributed by atoms with E-state index in [1.807, 2.05) is 13.0 Å². The van der Waals surface area contributed by atoms with Gasteiger partial charge in [0.2, 0.25) is 0 Å². The van der Waals surface area contributed by atoms with Crippen molar-refractivity contribution in [3.05, 3.63) is 46.5 Å². The van der Waals surface area contributed by atoms with Gasteiger partial charge in [-0.3, -0.25) is 4.79 Å². The van der Waals surface area contributed by atoms with Gasteiger partial charge in [-0.05, 0) is 24.6 Å². The van der Waals surface area contributed by atoms with Gasteiger partial charge in [0, 0.05) is 19.4 Å². The molecule has 0 radical (unpaired) electrons. The first-order valence-electron chi connectivity index (χ1n) is 5.13. The third-order valence-electron chi connectivity index (χ3n) is 2.36. The third-order valence-corrected chi connectivity index (χ3v) is 2.36. The molecule has 0 unspecified atom stereocenters. The maximum atomic E-state index is 11.7. The second-order valence-corrected chi connectivity index (χ2v) is 3.79. The predicted octanol–water partition coefficient (Wildman–Crippen LogP) is 1.46. The molecule has 0 saturated carbocycles. The molecule has 0 atom stereocenters. The van der Waals surface area contributed by atoms with E-state index in [4.69, 9.17) is 10.5 Å². The summed E-state index contributed by atoms with van der Waals surface area (Å²) < 4.78 is 6.83. The molecule has 0 aliphatic heterocycles. The minimum Gasteiger partial charge on any atom is -0.432 e. The lowest BCUT2D eigenvalue weighted by Gasteiger charge is -2.08. The van der Waals surface area contributed by atoms with Crippen LogP contribution in [-0.2, 0) is 7.05 Å². The quantitative estimate of drug-likeness (QED) is 0.794. The Morgan fingerprint density at radius 3 is 2.94 bits per heavy atom. The zero-order valence-corrected chi connectivity index (χ0v) is 9.68. The van der Waals surface area contributed by atoms with Crippen molar-refractivity contribution >= 4 is 5.69 Å². The molecule has 1 heterocycles. The van der Waals surface area contributed by atoms with Gasteiger partial charge in [-0.2, -0.15) is 0 Å². The van der Waals surface area contributed by atoms with Crippen LogP contribution in [-0.4, -0.2) is 9.55 Å². The van der Waals surface area contributed by atoms with Crippen molar-refractivity contribution in [2.45, 2.75) is 6.92 Å². The largest absolute Gasteiger partial charge is 0.432 e. The van der Waals surface area contributed by atoms with Crippen LogP contribution in [0.5, 0.6) is 11.6 Å². The molecule has 0 spiro atoms. The molecule has 2 N–H and O–H groups in total. The van der Waals surface area contributed by atoms with E-state index < -0.39 is 0 Å². The first-order valence-corrected chi connectivity index (χ1v) is 5.13. The average molecular weight is 231 g/mol. The van der Waals surface area contributed by atoms with E-state index in [2.05, 4.69) is 4.98 Å². The number of hydrogen-bond acceptors (Lipinski definition) is 4. The highest BCUT2D eigenvalue weighted by atomic mass is 16.5. The van der Waals surface area contributed by atoms with Crippen LogP contribution in [0.15, 0.2) is 35.4 Å². The molecule has 2 aromatic rings. The van der Waals surface area contributed by atoms with Crippen molar-refractivity contribution in [3.8, 4) is 11.6 Å². The smallest absolute Gasteiger partial charge is 0.313 e. The minimum absolute atomic E-state index is 0.0206. The summed E-state index contributed by atoms with van der Waals surface area (Å²) in [6.07, 6.45) is 3.07. The summed E-state index contributed by atoms with van der Waals surface area (Å²) in [5.41, 5.74) is 6.94. The Hall–Kier alpha value is -2.30. The van der Waals surface area contributed by atoms with Crippen molar-refractivity contribution in [2.24, 2.45) is 7.05 Å². The Labute approximate surface area is 98.5 Å². The standard InChI is InChI=1S/C12H13N3O2/c1-8-3-4-9(13)10(7-8)17-11-12(16)15(2)6-5-14-11/h3-7H,13H2,1-2H3. The highest BCUT2D eigenvalue weighted by molar-refractivity contribution is 5.54. The van der Waals surface area contributed by atoms with Crippen molar-refractivity contribution in [2.75, 3.05) is 5.73 Å². The second kappa shape index (κ2) is 4.29. The van der Waals surface area contributed by atoms with Gasteiger partial charge in [0.1, 0.15) is 0 Å². The fourth-order valence-electron chi connectivity index (χ4n) is 1.38. The Bertz CT molecular complexity index is 605. The summed E-state index contributed by atoms with van der Waals surface area (Å²) in [7, 11) is 1.64. The monoisotopic (exact) mass is 231 g/mol. The molecule has 5 nitrogen and oxygen atoms in total. The van der Waals surface area contributed by atoms with E-state index in [9.17, 15) is 4.79 Å². The lowest BCUT2D eigenvalue weighted by molar-refractivity contribution is 0.450. The SMILES string of the molecule is Cc1ccc(N)c(Oc2nccn(C)c2=O)c1. The number of aryl methyl sites for hydroxylation is 2. The molecule has 1 aromatic heterocycles. The maximum Gasteiger partial charge on any atom is 0.313 e. The average Bonchev–Trinajstić information content (AvgIpc) is 2.30. The third kappa shape index (κ3) is 2.28. The molecule has 88 valence electrons. The predicted molar refractivity (Wildman–Crippen MR) is 65.1 cm³/mol. The summed E-state index contributed by atoms with van der Waals surface area (Å²) >= 11 is 0. The van der Waals surface area contributed by atoms with Crippen LogP contribution in [0.2, 0.25) is 0 Å². The van der Waals surface area contributed by atoms with E-state index in [-0.39, 0.29) is 11.4 Å². The Morgan fingerprint density at radius 2 is 2.18 bits per heavy atom. The van der Waals surface area contributed by atoms with E-state index in [0.29, 0.717) is 11.4 Å². The number of nitrogens with zero attached hydrogens (tertiary/aromatic N) is 2. The first-order chi connectivity index (χ1) is 8.08. The fourth-order valence-corrected chi connectivity index (χ4v) is 1.38. The molecule has 17 heavy (non-hydrogen) atoms. The molecular formula is C12H13N3O2. The number of rotatable bonds is 2. The zero-order chi connectivity index (χ0) is 12.4. The molecule has 0 saturated heterocycles. The van der Waals surface area contributed by atoms with Gasteiger partial charge >= 0.3 is 5.56 Å². The van der Waals surface area contributed by atoms with Gasteiger partial charge in [-0.1, -0.05) is 6.07 Å². The molecule has 0 aliphatic carbocycles. The zero-order valence-electron chi connectivity index (χ0n) is 9.68. The number of nitrogen functional groups attached to an aromatic ring is 1. The molecule has 5 heteroatoms. The molecule has 0 aliphatic rings. The van der Waals surface area contributed by atoms with Crippen LogP contribution in [0.4, 0.5) is 5.69 Å². The van der Waals surface area contributed by atoms with Crippen molar-refractivity contribution in [3.63, 3.8) is 0 Å². The van der Waals surface area contributed by atoms with Gasteiger partial charge in [0.05, 0.1) is 5.69 Å². The highest BCUT2D eigenvalue weighted by Gasteiger charge is 2.08. The topological polar surface area (TPSA) is 70.1 Å². The summed E-state index contributed by atoms with van der Waals surface area (Å²) in [6.45, 7) is 1.92. The van der Waals surface area contributed by atoms with Gasteiger partial charge < -0.3 is 15.0 Å². The number of benzene rings is 1. The van der Waals surface area contributed by atoms with Crippen LogP contribution in [0.25, 0.3) is 0 Å². The summed E-state index contributed by atoms with van der Waals surface area (Å²) in [5, 5.41) is 0. The van der Waals surface area contributed by atoms with Crippen molar-refractivity contribution < 1.29 is 4.74 Å². The van der Waals surface area contributed by atoms with E-state index in [1.165, 1.54) is 10.8 Å².